The number of hydrogen-bond donors (Lipinski definition) is 2. The molecule has 0 spiro atoms. The van der Waals surface area contributed by atoms with Crippen LogP contribution in [0, 0.1) is 12.3 Å². The second-order valence-electron chi connectivity index (χ2n) is 3.14. The summed E-state index contributed by atoms with van der Waals surface area (Å²) >= 11 is 3.26. The van der Waals surface area contributed by atoms with Gasteiger partial charge in [0, 0.05) is 15.7 Å². The number of rotatable bonds is 2. The third-order valence-electron chi connectivity index (χ3n) is 1.78. The van der Waals surface area contributed by atoms with Crippen LogP contribution in [-0.2, 0) is 0 Å². The third-order valence-corrected chi connectivity index (χ3v) is 2.24. The third kappa shape index (κ3) is 3.30. The van der Waals surface area contributed by atoms with Crippen molar-refractivity contribution in [3.8, 4) is 12.3 Å². The molecule has 0 radical (unpaired) electrons. The van der Waals surface area contributed by atoms with Gasteiger partial charge >= 0.3 is 0 Å². The second kappa shape index (κ2) is 4.85. The lowest BCUT2D eigenvalue weighted by molar-refractivity contribution is 0.0948. The van der Waals surface area contributed by atoms with Gasteiger partial charge in [-0.2, -0.15) is 0 Å². The maximum atomic E-state index is 11.6. The van der Waals surface area contributed by atoms with E-state index in [2.05, 4.69) is 27.2 Å². The lowest BCUT2D eigenvalue weighted by Crippen LogP contribution is -2.31. The molecule has 1 rings (SSSR count). The van der Waals surface area contributed by atoms with Gasteiger partial charge in [0.1, 0.15) is 0 Å². The minimum atomic E-state index is -0.294. The summed E-state index contributed by atoms with van der Waals surface area (Å²) in [4.78, 5) is 11.6. The summed E-state index contributed by atoms with van der Waals surface area (Å²) in [6.07, 6.45) is 5.16. The molecule has 0 aliphatic heterocycles. The summed E-state index contributed by atoms with van der Waals surface area (Å²) in [5, 5.41) is 2.65. The first-order chi connectivity index (χ1) is 7.02. The normalized spacial score (nSPS) is 11.5. The number of nitrogen functional groups attached to an aromatic ring is 1. The van der Waals surface area contributed by atoms with Crippen LogP contribution >= 0.6 is 15.9 Å². The zero-order valence-corrected chi connectivity index (χ0v) is 9.84. The molecule has 3 N–H and O–H groups in total. The first-order valence-electron chi connectivity index (χ1n) is 4.36. The van der Waals surface area contributed by atoms with E-state index in [4.69, 9.17) is 12.2 Å². The lowest BCUT2D eigenvalue weighted by atomic mass is 10.2. The number of anilines is 1. The maximum Gasteiger partial charge on any atom is 0.252 e. The zero-order valence-electron chi connectivity index (χ0n) is 8.25. The molecule has 4 heteroatoms. The fraction of sp³-hybridized carbons (Fsp3) is 0.182. The van der Waals surface area contributed by atoms with E-state index < -0.39 is 0 Å². The summed E-state index contributed by atoms with van der Waals surface area (Å²) in [6, 6.07) is 4.72. The highest BCUT2D eigenvalue weighted by molar-refractivity contribution is 9.10. The van der Waals surface area contributed by atoms with Crippen molar-refractivity contribution in [1.29, 1.82) is 0 Å². The van der Waals surface area contributed by atoms with Crippen LogP contribution in [-0.4, -0.2) is 11.9 Å². The van der Waals surface area contributed by atoms with Crippen molar-refractivity contribution in [1.82, 2.24) is 5.32 Å². The summed E-state index contributed by atoms with van der Waals surface area (Å²) in [7, 11) is 0. The molecule has 0 aliphatic carbocycles. The first kappa shape index (κ1) is 11.6. The Hall–Kier alpha value is -1.47. The van der Waals surface area contributed by atoms with Crippen molar-refractivity contribution >= 4 is 27.5 Å². The van der Waals surface area contributed by atoms with Crippen LogP contribution in [0.15, 0.2) is 22.7 Å². The molecule has 1 unspecified atom stereocenters. The highest BCUT2D eigenvalue weighted by atomic mass is 79.9. The zero-order chi connectivity index (χ0) is 11.4. The summed E-state index contributed by atoms with van der Waals surface area (Å²) < 4.78 is 0.765. The van der Waals surface area contributed by atoms with E-state index in [9.17, 15) is 4.79 Å². The standard InChI is InChI=1S/C11H11BrN2O/c1-3-7(2)14-11(15)8-4-9(12)6-10(13)5-8/h1,4-7H,13H2,2H3,(H,14,15). The van der Waals surface area contributed by atoms with Crippen LogP contribution in [0.1, 0.15) is 17.3 Å². The van der Waals surface area contributed by atoms with Crippen LogP contribution < -0.4 is 11.1 Å². The topological polar surface area (TPSA) is 55.1 Å². The lowest BCUT2D eigenvalue weighted by Gasteiger charge is -2.08. The summed E-state index contributed by atoms with van der Waals surface area (Å²) in [6.45, 7) is 1.74. The van der Waals surface area contributed by atoms with E-state index in [-0.39, 0.29) is 11.9 Å². The quantitative estimate of drug-likeness (QED) is 0.634. The number of terminal acetylenes is 1. The van der Waals surface area contributed by atoms with E-state index in [0.717, 1.165) is 4.47 Å². The van der Waals surface area contributed by atoms with E-state index >= 15 is 0 Å². The van der Waals surface area contributed by atoms with Crippen LogP contribution in [0.2, 0.25) is 0 Å². The number of nitrogens with one attached hydrogen (secondary N) is 1. The van der Waals surface area contributed by atoms with Gasteiger partial charge in [-0.1, -0.05) is 21.9 Å². The second-order valence-corrected chi connectivity index (χ2v) is 4.05. The van der Waals surface area contributed by atoms with Gasteiger partial charge in [-0.25, -0.2) is 0 Å². The average molecular weight is 267 g/mol. The van der Waals surface area contributed by atoms with Gasteiger partial charge < -0.3 is 11.1 Å². The van der Waals surface area contributed by atoms with Crippen molar-refractivity contribution in [3.05, 3.63) is 28.2 Å². The largest absolute Gasteiger partial charge is 0.399 e. The Kier molecular flexibility index (Phi) is 3.75. The highest BCUT2D eigenvalue weighted by Gasteiger charge is 2.08. The van der Waals surface area contributed by atoms with Gasteiger partial charge in [-0.15, -0.1) is 6.42 Å². The molecule has 0 heterocycles. The van der Waals surface area contributed by atoms with E-state index in [1.165, 1.54) is 0 Å². The number of carbonyl (C=O) groups is 1. The average Bonchev–Trinajstić information content (AvgIpc) is 2.16. The van der Waals surface area contributed by atoms with Crippen LogP contribution in [0.5, 0.6) is 0 Å². The molecule has 15 heavy (non-hydrogen) atoms. The maximum absolute atomic E-state index is 11.6. The fourth-order valence-corrected chi connectivity index (χ4v) is 1.58. The van der Waals surface area contributed by atoms with Gasteiger partial charge in [0.15, 0.2) is 0 Å². The highest BCUT2D eigenvalue weighted by Crippen LogP contribution is 2.17. The van der Waals surface area contributed by atoms with Gasteiger partial charge in [0.2, 0.25) is 0 Å². The number of carbonyl (C=O) groups excluding carboxylic acids is 1. The van der Waals surface area contributed by atoms with Gasteiger partial charge in [-0.3, -0.25) is 4.79 Å². The smallest absolute Gasteiger partial charge is 0.252 e. The SMILES string of the molecule is C#CC(C)NC(=O)c1cc(N)cc(Br)c1. The molecule has 0 bridgehead atoms. The molecule has 78 valence electrons. The minimum Gasteiger partial charge on any atom is -0.399 e. The van der Waals surface area contributed by atoms with Crippen molar-refractivity contribution in [2.45, 2.75) is 13.0 Å². The Morgan fingerprint density at radius 2 is 2.27 bits per heavy atom. The van der Waals surface area contributed by atoms with Crippen LogP contribution in [0.4, 0.5) is 5.69 Å². The monoisotopic (exact) mass is 266 g/mol. The predicted octanol–water partition coefficient (Wildman–Crippen LogP) is 1.78. The van der Waals surface area contributed by atoms with E-state index in [0.29, 0.717) is 11.3 Å². The Bertz CT molecular complexity index is 403. The van der Waals surface area contributed by atoms with Crippen LogP contribution in [0.3, 0.4) is 0 Å². The number of nitrogens with two attached hydrogens (primary N) is 1. The van der Waals surface area contributed by atoms with Crippen molar-refractivity contribution in [3.63, 3.8) is 0 Å². The molecular formula is C11H11BrN2O. The molecule has 0 saturated heterocycles. The first-order valence-corrected chi connectivity index (χ1v) is 5.15. The predicted molar refractivity (Wildman–Crippen MR) is 64.3 cm³/mol. The number of hydrogen-bond acceptors (Lipinski definition) is 2. The van der Waals surface area contributed by atoms with Crippen molar-refractivity contribution in [2.75, 3.05) is 5.73 Å². The fourth-order valence-electron chi connectivity index (χ4n) is 1.07. The Labute approximate surface area is 97.2 Å². The summed E-state index contributed by atoms with van der Waals surface area (Å²) in [5.41, 5.74) is 6.63. The molecule has 0 saturated carbocycles. The molecule has 0 aliphatic rings. The Morgan fingerprint density at radius 3 is 2.80 bits per heavy atom. The molecule has 3 nitrogen and oxygen atoms in total. The van der Waals surface area contributed by atoms with Crippen molar-refractivity contribution < 1.29 is 4.79 Å². The molecule has 0 fully saturated rings. The summed E-state index contributed by atoms with van der Waals surface area (Å²) in [5.74, 6) is 2.19. The Morgan fingerprint density at radius 1 is 1.60 bits per heavy atom. The number of benzene rings is 1. The minimum absolute atomic E-state index is 0.228. The van der Waals surface area contributed by atoms with E-state index in [1.807, 2.05) is 0 Å². The molecule has 0 aromatic heterocycles. The molecule has 1 aromatic carbocycles. The number of amides is 1. The number of halogens is 1. The van der Waals surface area contributed by atoms with Gasteiger partial charge in [0.05, 0.1) is 6.04 Å². The van der Waals surface area contributed by atoms with E-state index in [1.54, 1.807) is 25.1 Å². The van der Waals surface area contributed by atoms with Crippen molar-refractivity contribution in [2.24, 2.45) is 0 Å². The van der Waals surface area contributed by atoms with Gasteiger partial charge in [0.25, 0.3) is 5.91 Å². The molecule has 1 amide bonds. The molecule has 1 atom stereocenters. The van der Waals surface area contributed by atoms with Gasteiger partial charge in [-0.05, 0) is 25.1 Å². The Balaban J connectivity index is 2.88. The van der Waals surface area contributed by atoms with Crippen LogP contribution in [0.25, 0.3) is 0 Å². The molecular weight excluding hydrogens is 256 g/mol. The molecule has 1 aromatic rings.